The van der Waals surface area contributed by atoms with Crippen LogP contribution in [0.25, 0.3) is 0 Å². The highest BCUT2D eigenvalue weighted by Crippen LogP contribution is 2.18. The van der Waals surface area contributed by atoms with E-state index >= 15 is 0 Å². The molecule has 0 aliphatic rings. The monoisotopic (exact) mass is 984 g/mol. The lowest BCUT2D eigenvalue weighted by Crippen LogP contribution is -2.45. The molecule has 0 fully saturated rings. The molecule has 0 aromatic carbocycles. The largest absolute Gasteiger partial charge is 0.466 e. The minimum atomic E-state index is -0.685. The molecule has 412 valence electrons. The molecule has 0 bridgehead atoms. The molecule has 0 saturated heterocycles. The molecule has 6 heteroatoms. The summed E-state index contributed by atoms with van der Waals surface area (Å²) in [6, 6.07) is -0.565. The maximum absolute atomic E-state index is 12.5. The maximum atomic E-state index is 12.5. The molecule has 0 aliphatic carbocycles. The van der Waals surface area contributed by atoms with E-state index in [0.717, 1.165) is 89.9 Å². The fourth-order valence-electron chi connectivity index (χ4n) is 9.61. The first-order valence-corrected chi connectivity index (χ1v) is 31.2. The number of hydrogen-bond acceptors (Lipinski definition) is 5. The van der Waals surface area contributed by atoms with Crippen LogP contribution in [0.15, 0.2) is 36.5 Å². The Labute approximate surface area is 436 Å². The lowest BCUT2D eigenvalue weighted by Gasteiger charge is -2.22. The Morgan fingerprint density at radius 2 is 0.714 bits per heavy atom. The molecule has 6 nitrogen and oxygen atoms in total. The number of unbranched alkanes of at least 4 members (excludes halogenated alkanes) is 41. The van der Waals surface area contributed by atoms with E-state index in [0.29, 0.717) is 25.9 Å². The van der Waals surface area contributed by atoms with E-state index in [2.05, 4.69) is 55.6 Å². The Morgan fingerprint density at radius 1 is 0.400 bits per heavy atom. The minimum absolute atomic E-state index is 0.0381. The molecule has 70 heavy (non-hydrogen) atoms. The van der Waals surface area contributed by atoms with Crippen molar-refractivity contribution in [2.24, 2.45) is 0 Å². The van der Waals surface area contributed by atoms with Crippen molar-refractivity contribution in [3.05, 3.63) is 36.5 Å². The van der Waals surface area contributed by atoms with Gasteiger partial charge in [-0.3, -0.25) is 9.59 Å². The van der Waals surface area contributed by atoms with Gasteiger partial charge in [-0.25, -0.2) is 0 Å². The number of aliphatic hydroxyl groups excluding tert-OH is 2. The highest BCUT2D eigenvalue weighted by Gasteiger charge is 2.20. The molecule has 0 aromatic rings. The van der Waals surface area contributed by atoms with Gasteiger partial charge in [0.05, 0.1) is 25.4 Å². The number of carbonyl (C=O) groups is 2. The molecular formula is C64H121NO5. The molecule has 0 spiro atoms. The van der Waals surface area contributed by atoms with Crippen molar-refractivity contribution in [3.8, 4) is 0 Å². The summed E-state index contributed by atoms with van der Waals surface area (Å²) in [4.78, 5) is 24.6. The topological polar surface area (TPSA) is 95.9 Å². The number of rotatable bonds is 58. The summed E-state index contributed by atoms with van der Waals surface area (Å²) in [5.41, 5.74) is 0. The summed E-state index contributed by atoms with van der Waals surface area (Å²) in [6.45, 7) is 4.87. The van der Waals surface area contributed by atoms with Crippen molar-refractivity contribution in [3.63, 3.8) is 0 Å². The molecule has 0 heterocycles. The van der Waals surface area contributed by atoms with Crippen LogP contribution in [-0.4, -0.2) is 47.4 Å². The van der Waals surface area contributed by atoms with Crippen LogP contribution in [0.5, 0.6) is 0 Å². The van der Waals surface area contributed by atoms with Crippen LogP contribution in [0.4, 0.5) is 0 Å². The third kappa shape index (κ3) is 55.4. The predicted molar refractivity (Wildman–Crippen MR) is 306 cm³/mol. The Bertz CT molecular complexity index is 1130. The van der Waals surface area contributed by atoms with Crippen LogP contribution in [0.2, 0.25) is 0 Å². The molecule has 1 amide bonds. The summed E-state index contributed by atoms with van der Waals surface area (Å²) in [6.07, 6.45) is 74.4. The van der Waals surface area contributed by atoms with Gasteiger partial charge in [0.2, 0.25) is 5.91 Å². The van der Waals surface area contributed by atoms with E-state index in [-0.39, 0.29) is 18.5 Å². The zero-order valence-electron chi connectivity index (χ0n) is 47.0. The lowest BCUT2D eigenvalue weighted by molar-refractivity contribution is -0.143. The number of aliphatic hydroxyl groups is 2. The minimum Gasteiger partial charge on any atom is -0.466 e. The van der Waals surface area contributed by atoms with Crippen molar-refractivity contribution < 1.29 is 24.5 Å². The van der Waals surface area contributed by atoms with Gasteiger partial charge in [-0.2, -0.15) is 0 Å². The van der Waals surface area contributed by atoms with E-state index in [9.17, 15) is 19.8 Å². The molecule has 0 saturated carbocycles. The standard InChI is InChI=1S/C64H121NO5/c1-3-5-7-9-11-13-15-17-19-21-22-23-24-25-26-27-28-30-31-33-36-40-44-48-52-56-62(67)61(60-66)65-63(68)57-53-49-45-41-37-35-39-43-47-51-55-59-70-64(69)58-54-50-46-42-38-34-32-29-20-18-16-14-12-10-8-6-4-2/h12,14,18,20,39,43,61-62,66-67H,3-11,13,15-17,19,21-38,40-42,44-60H2,1-2H3,(H,65,68)/b14-12-,20-18-,43-39-. The summed E-state index contributed by atoms with van der Waals surface area (Å²) in [5.74, 6) is -0.0997. The molecule has 0 aliphatic heterocycles. The van der Waals surface area contributed by atoms with Crippen LogP contribution in [0, 0.1) is 0 Å². The molecule has 2 unspecified atom stereocenters. The third-order valence-corrected chi connectivity index (χ3v) is 14.4. The lowest BCUT2D eigenvalue weighted by atomic mass is 10.0. The predicted octanol–water partition coefficient (Wildman–Crippen LogP) is 19.6. The van der Waals surface area contributed by atoms with Crippen molar-refractivity contribution >= 4 is 11.9 Å². The quantitative estimate of drug-likeness (QED) is 0.0321. The maximum Gasteiger partial charge on any atom is 0.305 e. The molecule has 0 rings (SSSR count). The van der Waals surface area contributed by atoms with E-state index in [4.69, 9.17) is 4.74 Å². The average molecular weight is 985 g/mol. The van der Waals surface area contributed by atoms with Crippen LogP contribution in [-0.2, 0) is 14.3 Å². The fraction of sp³-hybridized carbons (Fsp3) is 0.875. The van der Waals surface area contributed by atoms with Crippen LogP contribution in [0.1, 0.15) is 335 Å². The summed E-state index contributed by atoms with van der Waals surface area (Å²) in [7, 11) is 0. The van der Waals surface area contributed by atoms with Gasteiger partial charge in [0.25, 0.3) is 0 Å². The molecular weight excluding hydrogens is 863 g/mol. The van der Waals surface area contributed by atoms with Crippen LogP contribution in [0.3, 0.4) is 0 Å². The van der Waals surface area contributed by atoms with Gasteiger partial charge in [0.1, 0.15) is 0 Å². The second kappa shape index (κ2) is 59.6. The first kappa shape index (κ1) is 68.1. The molecule has 2 atom stereocenters. The highest BCUT2D eigenvalue weighted by atomic mass is 16.5. The van der Waals surface area contributed by atoms with Gasteiger partial charge in [-0.1, -0.05) is 275 Å². The normalized spacial score (nSPS) is 12.8. The van der Waals surface area contributed by atoms with E-state index in [1.807, 2.05) is 0 Å². The summed E-state index contributed by atoms with van der Waals surface area (Å²) in [5, 5.41) is 23.4. The van der Waals surface area contributed by atoms with Gasteiger partial charge < -0.3 is 20.3 Å². The summed E-state index contributed by atoms with van der Waals surface area (Å²) >= 11 is 0. The Kier molecular flexibility index (Phi) is 58.0. The first-order valence-electron chi connectivity index (χ1n) is 31.2. The average Bonchev–Trinajstić information content (AvgIpc) is 3.36. The van der Waals surface area contributed by atoms with Crippen molar-refractivity contribution in [2.75, 3.05) is 13.2 Å². The zero-order valence-corrected chi connectivity index (χ0v) is 47.0. The van der Waals surface area contributed by atoms with Gasteiger partial charge in [-0.15, -0.1) is 0 Å². The number of carbonyl (C=O) groups excluding carboxylic acids is 2. The number of amides is 1. The van der Waals surface area contributed by atoms with Gasteiger partial charge >= 0.3 is 5.97 Å². The second-order valence-corrected chi connectivity index (χ2v) is 21.4. The van der Waals surface area contributed by atoms with Crippen LogP contribution < -0.4 is 5.32 Å². The summed E-state index contributed by atoms with van der Waals surface area (Å²) < 4.78 is 5.45. The van der Waals surface area contributed by atoms with Crippen molar-refractivity contribution in [1.29, 1.82) is 0 Å². The van der Waals surface area contributed by atoms with E-state index in [1.165, 1.54) is 212 Å². The number of esters is 1. The number of allylic oxidation sites excluding steroid dienone is 6. The molecule has 0 aromatic heterocycles. The molecule has 0 radical (unpaired) electrons. The number of nitrogens with one attached hydrogen (secondary N) is 1. The number of hydrogen-bond donors (Lipinski definition) is 3. The molecule has 3 N–H and O–H groups in total. The first-order chi connectivity index (χ1) is 34.5. The number of ether oxygens (including phenoxy) is 1. The Balaban J connectivity index is 3.49. The Morgan fingerprint density at radius 3 is 1.13 bits per heavy atom. The zero-order chi connectivity index (χ0) is 50.7. The van der Waals surface area contributed by atoms with E-state index < -0.39 is 12.1 Å². The van der Waals surface area contributed by atoms with E-state index in [1.54, 1.807) is 0 Å². The van der Waals surface area contributed by atoms with Crippen molar-refractivity contribution in [1.82, 2.24) is 5.32 Å². The van der Waals surface area contributed by atoms with Crippen LogP contribution >= 0.6 is 0 Å². The third-order valence-electron chi connectivity index (χ3n) is 14.4. The van der Waals surface area contributed by atoms with Gasteiger partial charge in [-0.05, 0) is 83.5 Å². The SMILES string of the molecule is CCCCC/C=C\C/C=C\CCCCCCCCCC(=O)OCCCC/C=C\CCCCCCCC(=O)NC(CO)C(O)CCCCCCCCCCCCCCCCCCCCCCCCCCC. The highest BCUT2D eigenvalue weighted by molar-refractivity contribution is 5.76. The second-order valence-electron chi connectivity index (χ2n) is 21.4. The Hall–Kier alpha value is -1.92. The van der Waals surface area contributed by atoms with Gasteiger partial charge in [0.15, 0.2) is 0 Å². The fourth-order valence-corrected chi connectivity index (χ4v) is 9.61. The van der Waals surface area contributed by atoms with Crippen molar-refractivity contribution in [2.45, 2.75) is 347 Å². The van der Waals surface area contributed by atoms with Gasteiger partial charge in [0, 0.05) is 12.8 Å². The smallest absolute Gasteiger partial charge is 0.305 e.